The van der Waals surface area contributed by atoms with E-state index in [1.165, 1.54) is 6.07 Å². The number of carboxylic acids is 1. The molecule has 0 amide bonds. The molecular weight excluding hydrogens is 230 g/mol. The Bertz CT molecular complexity index is 601. The molecule has 0 spiro atoms. The van der Waals surface area contributed by atoms with E-state index in [1.807, 2.05) is 0 Å². The Morgan fingerprint density at radius 1 is 1.38 bits per heavy atom. The molecule has 6 heteroatoms. The third-order valence-electron chi connectivity index (χ3n) is 2.39. The Morgan fingerprint density at radius 3 is 2.62 bits per heavy atom. The SMILES string of the molecule is NCc1ccc2c(c1)S(=O)(=O)C(C(=O)O)=C2. The van der Waals surface area contributed by atoms with Crippen molar-refractivity contribution in [2.45, 2.75) is 11.4 Å². The van der Waals surface area contributed by atoms with E-state index in [0.29, 0.717) is 11.1 Å². The lowest BCUT2D eigenvalue weighted by Crippen LogP contribution is -2.09. The van der Waals surface area contributed by atoms with Crippen molar-refractivity contribution in [1.29, 1.82) is 0 Å². The summed E-state index contributed by atoms with van der Waals surface area (Å²) in [6, 6.07) is 4.65. The van der Waals surface area contributed by atoms with E-state index >= 15 is 0 Å². The van der Waals surface area contributed by atoms with Gasteiger partial charge in [-0.05, 0) is 23.3 Å². The average Bonchev–Trinajstić information content (AvgIpc) is 2.50. The standard InChI is InChI=1S/C10H9NO4S/c11-5-6-1-2-7-4-9(10(12)13)16(14,15)8(7)3-6/h1-4H,5,11H2,(H,12,13). The van der Waals surface area contributed by atoms with Gasteiger partial charge in [-0.1, -0.05) is 12.1 Å². The highest BCUT2D eigenvalue weighted by molar-refractivity contribution is 7.96. The molecule has 0 atom stereocenters. The number of carboxylic acid groups (broad SMARTS) is 1. The van der Waals surface area contributed by atoms with Crippen LogP contribution in [-0.2, 0) is 21.2 Å². The zero-order valence-corrected chi connectivity index (χ0v) is 8.99. The van der Waals surface area contributed by atoms with Gasteiger partial charge in [-0.3, -0.25) is 0 Å². The Labute approximate surface area is 92.1 Å². The number of hydrogen-bond acceptors (Lipinski definition) is 4. The second kappa shape index (κ2) is 3.43. The van der Waals surface area contributed by atoms with Crippen LogP contribution in [0.15, 0.2) is 28.0 Å². The van der Waals surface area contributed by atoms with Crippen LogP contribution >= 0.6 is 0 Å². The number of nitrogens with two attached hydrogens (primary N) is 1. The quantitative estimate of drug-likeness (QED) is 0.776. The smallest absolute Gasteiger partial charge is 0.347 e. The zero-order chi connectivity index (χ0) is 11.9. The van der Waals surface area contributed by atoms with E-state index in [0.717, 1.165) is 6.08 Å². The third kappa shape index (κ3) is 1.43. The number of benzene rings is 1. The summed E-state index contributed by atoms with van der Waals surface area (Å²) in [5.74, 6) is -1.44. The number of sulfone groups is 1. The molecular formula is C10H9NO4S. The minimum absolute atomic E-state index is 0.0212. The molecule has 0 saturated carbocycles. The topological polar surface area (TPSA) is 97.5 Å². The molecule has 1 heterocycles. The van der Waals surface area contributed by atoms with Gasteiger partial charge in [-0.25, -0.2) is 13.2 Å². The van der Waals surface area contributed by atoms with Crippen LogP contribution in [0.5, 0.6) is 0 Å². The normalized spacial score (nSPS) is 16.7. The van der Waals surface area contributed by atoms with Crippen molar-refractivity contribution in [3.63, 3.8) is 0 Å². The van der Waals surface area contributed by atoms with Crippen LogP contribution in [0.25, 0.3) is 6.08 Å². The first-order chi connectivity index (χ1) is 7.46. The van der Waals surface area contributed by atoms with Crippen LogP contribution in [0.1, 0.15) is 11.1 Å². The van der Waals surface area contributed by atoms with Gasteiger partial charge in [0.05, 0.1) is 4.90 Å². The van der Waals surface area contributed by atoms with E-state index in [2.05, 4.69) is 0 Å². The van der Waals surface area contributed by atoms with Gasteiger partial charge in [0.15, 0.2) is 4.91 Å². The summed E-state index contributed by atoms with van der Waals surface area (Å²) in [6.07, 6.45) is 1.16. The van der Waals surface area contributed by atoms with Gasteiger partial charge < -0.3 is 10.8 Å². The fourth-order valence-electron chi connectivity index (χ4n) is 1.57. The number of hydrogen-bond donors (Lipinski definition) is 2. The van der Waals surface area contributed by atoms with Gasteiger partial charge >= 0.3 is 5.97 Å². The van der Waals surface area contributed by atoms with Crippen molar-refractivity contribution in [3.8, 4) is 0 Å². The maximum atomic E-state index is 11.8. The van der Waals surface area contributed by atoms with Gasteiger partial charge in [-0.15, -0.1) is 0 Å². The van der Waals surface area contributed by atoms with Crippen LogP contribution < -0.4 is 5.73 Å². The van der Waals surface area contributed by atoms with E-state index in [9.17, 15) is 13.2 Å². The van der Waals surface area contributed by atoms with E-state index in [-0.39, 0.29) is 11.4 Å². The van der Waals surface area contributed by atoms with Crippen molar-refractivity contribution in [2.75, 3.05) is 0 Å². The third-order valence-corrected chi connectivity index (χ3v) is 4.19. The first-order valence-electron chi connectivity index (χ1n) is 4.50. The molecule has 0 aliphatic carbocycles. The summed E-state index contributed by atoms with van der Waals surface area (Å²) < 4.78 is 23.6. The second-order valence-electron chi connectivity index (χ2n) is 3.39. The van der Waals surface area contributed by atoms with E-state index < -0.39 is 20.7 Å². The largest absolute Gasteiger partial charge is 0.477 e. The van der Waals surface area contributed by atoms with Crippen LogP contribution in [0.3, 0.4) is 0 Å². The molecule has 2 rings (SSSR count). The highest BCUT2D eigenvalue weighted by atomic mass is 32.2. The van der Waals surface area contributed by atoms with Gasteiger partial charge in [0, 0.05) is 6.54 Å². The molecule has 0 saturated heterocycles. The highest BCUT2D eigenvalue weighted by Crippen LogP contribution is 2.33. The molecule has 5 nitrogen and oxygen atoms in total. The van der Waals surface area contributed by atoms with Crippen molar-refractivity contribution in [1.82, 2.24) is 0 Å². The van der Waals surface area contributed by atoms with Crippen LogP contribution in [0.4, 0.5) is 0 Å². The van der Waals surface area contributed by atoms with E-state index in [4.69, 9.17) is 10.8 Å². The van der Waals surface area contributed by atoms with E-state index in [1.54, 1.807) is 12.1 Å². The maximum absolute atomic E-state index is 11.8. The number of rotatable bonds is 2. The molecule has 0 bridgehead atoms. The fourth-order valence-corrected chi connectivity index (χ4v) is 3.06. The van der Waals surface area contributed by atoms with Crippen molar-refractivity contribution < 1.29 is 18.3 Å². The Hall–Kier alpha value is -1.66. The monoisotopic (exact) mass is 239 g/mol. The molecule has 3 N–H and O–H groups in total. The van der Waals surface area contributed by atoms with Gasteiger partial charge in [0.2, 0.25) is 9.84 Å². The van der Waals surface area contributed by atoms with Gasteiger partial charge in [0.25, 0.3) is 0 Å². The average molecular weight is 239 g/mol. The lowest BCUT2D eigenvalue weighted by Gasteiger charge is -2.02. The summed E-state index contributed by atoms with van der Waals surface area (Å²) in [6.45, 7) is 0.213. The lowest BCUT2D eigenvalue weighted by atomic mass is 10.1. The Balaban J connectivity index is 2.67. The van der Waals surface area contributed by atoms with Crippen LogP contribution in [-0.4, -0.2) is 19.5 Å². The molecule has 1 aliphatic rings. The first kappa shape index (κ1) is 10.8. The Morgan fingerprint density at radius 2 is 2.06 bits per heavy atom. The molecule has 16 heavy (non-hydrogen) atoms. The Kier molecular flexibility index (Phi) is 2.32. The highest BCUT2D eigenvalue weighted by Gasteiger charge is 2.34. The van der Waals surface area contributed by atoms with Crippen LogP contribution in [0.2, 0.25) is 0 Å². The molecule has 84 valence electrons. The van der Waals surface area contributed by atoms with Gasteiger partial charge in [0.1, 0.15) is 0 Å². The summed E-state index contributed by atoms with van der Waals surface area (Å²) in [5, 5.41) is 8.78. The summed E-state index contributed by atoms with van der Waals surface area (Å²) in [4.78, 5) is 10.2. The molecule has 0 unspecified atom stereocenters. The molecule has 1 aromatic rings. The first-order valence-corrected chi connectivity index (χ1v) is 5.98. The number of fused-ring (bicyclic) bond motifs is 1. The predicted molar refractivity (Wildman–Crippen MR) is 57.1 cm³/mol. The maximum Gasteiger partial charge on any atom is 0.347 e. The minimum atomic E-state index is -3.87. The van der Waals surface area contributed by atoms with Crippen molar-refractivity contribution >= 4 is 21.9 Å². The summed E-state index contributed by atoms with van der Waals surface area (Å²) in [5.41, 5.74) is 6.45. The molecule has 0 fully saturated rings. The van der Waals surface area contributed by atoms with Crippen LogP contribution in [0, 0.1) is 0 Å². The molecule has 0 aromatic heterocycles. The summed E-state index contributed by atoms with van der Waals surface area (Å²) >= 11 is 0. The fraction of sp³-hybridized carbons (Fsp3) is 0.100. The number of aliphatic carboxylic acids is 1. The number of carbonyl (C=O) groups is 1. The zero-order valence-electron chi connectivity index (χ0n) is 8.17. The second-order valence-corrected chi connectivity index (χ2v) is 5.28. The molecule has 1 aromatic carbocycles. The molecule has 0 radical (unpaired) electrons. The predicted octanol–water partition coefficient (Wildman–Crippen LogP) is 0.358. The molecule has 1 aliphatic heterocycles. The van der Waals surface area contributed by atoms with Crippen molar-refractivity contribution in [2.24, 2.45) is 5.73 Å². The lowest BCUT2D eigenvalue weighted by molar-refractivity contribution is -0.131. The minimum Gasteiger partial charge on any atom is -0.477 e. The summed E-state index contributed by atoms with van der Waals surface area (Å²) in [7, 11) is -3.87. The van der Waals surface area contributed by atoms with Crippen molar-refractivity contribution in [3.05, 3.63) is 34.2 Å². The van der Waals surface area contributed by atoms with Gasteiger partial charge in [-0.2, -0.15) is 0 Å².